The van der Waals surface area contributed by atoms with Gasteiger partial charge in [0.05, 0.1) is 4.92 Å². The number of aromatic nitrogens is 1. The van der Waals surface area contributed by atoms with E-state index in [1.807, 2.05) is 0 Å². The Kier molecular flexibility index (Phi) is 3.65. The molecule has 0 aromatic carbocycles. The SMILES string of the molecule is N#Cc1nc(C(=O)Cl)cc(C(F)F)c1[N+](=O)[O-]. The van der Waals surface area contributed by atoms with Gasteiger partial charge in [0.1, 0.15) is 17.3 Å². The van der Waals surface area contributed by atoms with Crippen molar-refractivity contribution in [3.63, 3.8) is 0 Å². The number of nitriles is 1. The lowest BCUT2D eigenvalue weighted by Crippen LogP contribution is -2.06. The number of hydrogen-bond acceptors (Lipinski definition) is 5. The molecule has 0 radical (unpaired) electrons. The Balaban J connectivity index is 3.65. The van der Waals surface area contributed by atoms with E-state index in [0.717, 1.165) is 0 Å². The van der Waals surface area contributed by atoms with E-state index >= 15 is 0 Å². The van der Waals surface area contributed by atoms with Crippen molar-refractivity contribution in [2.24, 2.45) is 0 Å². The zero-order chi connectivity index (χ0) is 13.2. The van der Waals surface area contributed by atoms with Crippen LogP contribution < -0.4 is 0 Å². The highest BCUT2D eigenvalue weighted by molar-refractivity contribution is 6.67. The summed E-state index contributed by atoms with van der Waals surface area (Å²) in [6.07, 6.45) is -3.22. The highest BCUT2D eigenvalue weighted by atomic mass is 35.5. The number of rotatable bonds is 3. The normalized spacial score (nSPS) is 10.1. The fraction of sp³-hybridized carbons (Fsp3) is 0.125. The summed E-state index contributed by atoms with van der Waals surface area (Å²) >= 11 is 5.02. The number of alkyl halides is 2. The first-order valence-electron chi connectivity index (χ1n) is 3.96. The van der Waals surface area contributed by atoms with E-state index in [1.165, 1.54) is 6.07 Å². The predicted octanol–water partition coefficient (Wildman–Crippen LogP) is 2.18. The van der Waals surface area contributed by atoms with Crippen molar-refractivity contribution in [2.45, 2.75) is 6.43 Å². The van der Waals surface area contributed by atoms with Gasteiger partial charge in [-0.3, -0.25) is 14.9 Å². The highest BCUT2D eigenvalue weighted by Crippen LogP contribution is 2.31. The minimum Gasteiger partial charge on any atom is -0.274 e. The van der Waals surface area contributed by atoms with Crippen LogP contribution in [0.1, 0.15) is 28.2 Å². The first-order chi connectivity index (χ1) is 7.88. The van der Waals surface area contributed by atoms with Crippen LogP contribution in [-0.4, -0.2) is 15.1 Å². The quantitative estimate of drug-likeness (QED) is 0.472. The first kappa shape index (κ1) is 12.9. The zero-order valence-corrected chi connectivity index (χ0v) is 8.61. The topological polar surface area (TPSA) is 96.9 Å². The fourth-order valence-corrected chi connectivity index (χ4v) is 1.19. The molecule has 1 heterocycles. The van der Waals surface area contributed by atoms with Crippen molar-refractivity contribution in [3.05, 3.63) is 33.1 Å². The number of hydrogen-bond donors (Lipinski definition) is 0. The van der Waals surface area contributed by atoms with E-state index in [4.69, 9.17) is 16.9 Å². The molecule has 1 rings (SSSR count). The van der Waals surface area contributed by atoms with Crippen LogP contribution in [0.15, 0.2) is 6.07 Å². The van der Waals surface area contributed by atoms with Crippen LogP contribution in [-0.2, 0) is 0 Å². The zero-order valence-electron chi connectivity index (χ0n) is 7.85. The molecular weight excluding hydrogens is 260 g/mol. The molecule has 1 aromatic heterocycles. The fourth-order valence-electron chi connectivity index (χ4n) is 1.09. The molecule has 0 atom stereocenters. The van der Waals surface area contributed by atoms with Crippen molar-refractivity contribution in [2.75, 3.05) is 0 Å². The molecule has 0 bridgehead atoms. The van der Waals surface area contributed by atoms with Gasteiger partial charge < -0.3 is 0 Å². The molecule has 88 valence electrons. The maximum atomic E-state index is 12.6. The van der Waals surface area contributed by atoms with E-state index in [-0.39, 0.29) is 0 Å². The summed E-state index contributed by atoms with van der Waals surface area (Å²) < 4.78 is 25.1. The van der Waals surface area contributed by atoms with Crippen LogP contribution in [0, 0.1) is 21.4 Å². The van der Waals surface area contributed by atoms with Crippen LogP contribution in [0.5, 0.6) is 0 Å². The molecule has 0 spiro atoms. The van der Waals surface area contributed by atoms with Gasteiger partial charge in [-0.2, -0.15) is 5.26 Å². The average Bonchev–Trinajstić information content (AvgIpc) is 2.26. The van der Waals surface area contributed by atoms with Crippen molar-refractivity contribution >= 4 is 22.5 Å². The van der Waals surface area contributed by atoms with Gasteiger partial charge in [0, 0.05) is 0 Å². The Labute approximate surface area is 97.6 Å². The van der Waals surface area contributed by atoms with Gasteiger partial charge in [-0.15, -0.1) is 0 Å². The highest BCUT2D eigenvalue weighted by Gasteiger charge is 2.29. The summed E-state index contributed by atoms with van der Waals surface area (Å²) in [5.41, 5.74) is -3.70. The molecule has 0 amide bonds. The number of halogens is 3. The Hall–Kier alpha value is -2.14. The van der Waals surface area contributed by atoms with Gasteiger partial charge in [0.15, 0.2) is 0 Å². The molecule has 17 heavy (non-hydrogen) atoms. The number of carbonyl (C=O) groups is 1. The van der Waals surface area contributed by atoms with Gasteiger partial charge >= 0.3 is 5.69 Å². The van der Waals surface area contributed by atoms with Gasteiger partial charge in [0.25, 0.3) is 11.7 Å². The second-order valence-corrected chi connectivity index (χ2v) is 3.08. The third-order valence-corrected chi connectivity index (χ3v) is 1.94. The van der Waals surface area contributed by atoms with Crippen LogP contribution in [0.4, 0.5) is 14.5 Å². The van der Waals surface area contributed by atoms with E-state index in [1.54, 1.807) is 0 Å². The molecule has 0 unspecified atom stereocenters. The van der Waals surface area contributed by atoms with E-state index in [0.29, 0.717) is 6.07 Å². The van der Waals surface area contributed by atoms with Crippen LogP contribution in [0.3, 0.4) is 0 Å². The third kappa shape index (κ3) is 2.51. The smallest absolute Gasteiger partial charge is 0.274 e. The molecule has 6 nitrogen and oxygen atoms in total. The largest absolute Gasteiger partial charge is 0.314 e. The number of nitro groups is 1. The van der Waals surface area contributed by atoms with Crippen molar-refractivity contribution in [1.82, 2.24) is 4.98 Å². The standard InChI is InChI=1S/C8H2ClF2N3O3/c9-7(15)4-1-3(8(10)11)6(14(16)17)5(2-12)13-4/h1,8H. The molecular formula is C8H2ClF2N3O3. The molecule has 0 aliphatic carbocycles. The molecule has 9 heteroatoms. The van der Waals surface area contributed by atoms with Crippen molar-refractivity contribution < 1.29 is 18.5 Å². The lowest BCUT2D eigenvalue weighted by atomic mass is 10.1. The lowest BCUT2D eigenvalue weighted by Gasteiger charge is -2.04. The molecule has 0 N–H and O–H groups in total. The molecule has 0 saturated carbocycles. The van der Waals surface area contributed by atoms with E-state index in [9.17, 15) is 23.7 Å². The second kappa shape index (κ2) is 4.80. The summed E-state index contributed by atoms with van der Waals surface area (Å²) in [6, 6.07) is 1.77. The Morgan fingerprint density at radius 2 is 2.24 bits per heavy atom. The van der Waals surface area contributed by atoms with Gasteiger partial charge in [-0.25, -0.2) is 13.8 Å². The van der Waals surface area contributed by atoms with Crippen LogP contribution in [0.2, 0.25) is 0 Å². The Bertz CT molecular complexity index is 542. The Morgan fingerprint density at radius 1 is 1.65 bits per heavy atom. The van der Waals surface area contributed by atoms with Crippen molar-refractivity contribution in [1.29, 1.82) is 5.26 Å². The predicted molar refractivity (Wildman–Crippen MR) is 50.7 cm³/mol. The number of nitrogens with zero attached hydrogens (tertiary/aromatic N) is 3. The van der Waals surface area contributed by atoms with E-state index < -0.39 is 39.2 Å². The summed E-state index contributed by atoms with van der Waals surface area (Å²) in [5.74, 6) is 0. The van der Waals surface area contributed by atoms with Crippen molar-refractivity contribution in [3.8, 4) is 6.07 Å². The summed E-state index contributed by atoms with van der Waals surface area (Å²) in [4.78, 5) is 23.4. The lowest BCUT2D eigenvalue weighted by molar-refractivity contribution is -0.386. The maximum absolute atomic E-state index is 12.6. The number of carbonyl (C=O) groups excluding carboxylic acids is 1. The van der Waals surface area contributed by atoms with E-state index in [2.05, 4.69) is 4.98 Å². The summed E-state index contributed by atoms with van der Waals surface area (Å²) in [6.45, 7) is 0. The second-order valence-electron chi connectivity index (χ2n) is 2.74. The van der Waals surface area contributed by atoms with Gasteiger partial charge in [0.2, 0.25) is 5.69 Å². The molecule has 0 fully saturated rings. The summed E-state index contributed by atoms with van der Waals surface area (Å²) in [7, 11) is 0. The van der Waals surface area contributed by atoms with Gasteiger partial charge in [-0.05, 0) is 17.7 Å². The van der Waals surface area contributed by atoms with Crippen LogP contribution in [0.25, 0.3) is 0 Å². The molecule has 0 aliphatic rings. The summed E-state index contributed by atoms with van der Waals surface area (Å²) in [5, 5.41) is 17.9. The van der Waals surface area contributed by atoms with Gasteiger partial charge in [-0.1, -0.05) is 0 Å². The molecule has 1 aromatic rings. The minimum absolute atomic E-state index is 0.499. The Morgan fingerprint density at radius 3 is 2.59 bits per heavy atom. The maximum Gasteiger partial charge on any atom is 0.314 e. The molecule has 0 aliphatic heterocycles. The minimum atomic E-state index is -3.22. The number of pyridine rings is 1. The van der Waals surface area contributed by atoms with Crippen LogP contribution >= 0.6 is 11.6 Å². The average molecular weight is 262 g/mol. The monoisotopic (exact) mass is 261 g/mol. The first-order valence-corrected chi connectivity index (χ1v) is 4.33. The third-order valence-electron chi connectivity index (χ3n) is 1.75. The molecule has 0 saturated heterocycles.